The van der Waals surface area contributed by atoms with E-state index in [1.807, 2.05) is 12.1 Å². The number of benzene rings is 1. The van der Waals surface area contributed by atoms with Gasteiger partial charge in [-0.1, -0.05) is 37.8 Å². The van der Waals surface area contributed by atoms with Crippen molar-refractivity contribution in [3.63, 3.8) is 0 Å². The monoisotopic (exact) mass is 217 g/mol. The standard InChI is InChI=1S/C14H19NO/c1-3-15(4-2)12-14-9-7-13(8-10-14)6-5-11-16/h7-10,16H,3-4,11-12H2,1-2H3. The van der Waals surface area contributed by atoms with Crippen LogP contribution >= 0.6 is 0 Å². The molecule has 86 valence electrons. The number of nitrogens with zero attached hydrogens (tertiary/aromatic N) is 1. The van der Waals surface area contributed by atoms with Crippen molar-refractivity contribution in [2.24, 2.45) is 0 Å². The van der Waals surface area contributed by atoms with E-state index < -0.39 is 0 Å². The number of aliphatic hydroxyl groups excluding tert-OH is 1. The zero-order chi connectivity index (χ0) is 11.8. The van der Waals surface area contributed by atoms with E-state index in [4.69, 9.17) is 5.11 Å². The first-order valence-electron chi connectivity index (χ1n) is 5.71. The predicted molar refractivity (Wildman–Crippen MR) is 67.0 cm³/mol. The SMILES string of the molecule is CCN(CC)Cc1ccc(C#CCO)cc1. The number of hydrogen-bond donors (Lipinski definition) is 1. The van der Waals surface area contributed by atoms with Crippen LogP contribution in [0.25, 0.3) is 0 Å². The van der Waals surface area contributed by atoms with Crippen LogP contribution in [0, 0.1) is 11.8 Å². The van der Waals surface area contributed by atoms with Gasteiger partial charge >= 0.3 is 0 Å². The zero-order valence-corrected chi connectivity index (χ0v) is 10.0. The number of rotatable bonds is 4. The van der Waals surface area contributed by atoms with Gasteiger partial charge in [-0.05, 0) is 30.8 Å². The van der Waals surface area contributed by atoms with Gasteiger partial charge in [0.05, 0.1) is 0 Å². The Morgan fingerprint density at radius 1 is 1.12 bits per heavy atom. The molecule has 0 spiro atoms. The van der Waals surface area contributed by atoms with E-state index in [2.05, 4.69) is 42.7 Å². The molecule has 1 aromatic rings. The summed E-state index contributed by atoms with van der Waals surface area (Å²) in [5, 5.41) is 8.58. The lowest BCUT2D eigenvalue weighted by Gasteiger charge is -2.17. The van der Waals surface area contributed by atoms with E-state index in [9.17, 15) is 0 Å². The Kier molecular flexibility index (Phi) is 5.63. The summed E-state index contributed by atoms with van der Waals surface area (Å²) in [5.74, 6) is 5.53. The maximum atomic E-state index is 8.58. The van der Waals surface area contributed by atoms with Crippen LogP contribution < -0.4 is 0 Å². The fraction of sp³-hybridized carbons (Fsp3) is 0.429. The minimum absolute atomic E-state index is 0.0821. The molecule has 2 nitrogen and oxygen atoms in total. The van der Waals surface area contributed by atoms with Gasteiger partial charge in [-0.25, -0.2) is 0 Å². The molecule has 0 aliphatic heterocycles. The Balaban J connectivity index is 2.64. The quantitative estimate of drug-likeness (QED) is 0.778. The Bertz CT molecular complexity index is 355. The van der Waals surface area contributed by atoms with Crippen molar-refractivity contribution in [1.82, 2.24) is 4.90 Å². The molecule has 1 rings (SSSR count). The normalized spacial score (nSPS) is 10.0. The van der Waals surface area contributed by atoms with Crippen molar-refractivity contribution >= 4 is 0 Å². The van der Waals surface area contributed by atoms with E-state index in [-0.39, 0.29) is 6.61 Å². The van der Waals surface area contributed by atoms with Crippen LogP contribution in [0.5, 0.6) is 0 Å². The second kappa shape index (κ2) is 7.05. The van der Waals surface area contributed by atoms with E-state index in [1.165, 1.54) is 5.56 Å². The Labute approximate surface area is 97.9 Å². The maximum absolute atomic E-state index is 8.58. The highest BCUT2D eigenvalue weighted by atomic mass is 16.2. The predicted octanol–water partition coefficient (Wildman–Crippen LogP) is 1.87. The summed E-state index contributed by atoms with van der Waals surface area (Å²) >= 11 is 0. The highest BCUT2D eigenvalue weighted by molar-refractivity contribution is 5.36. The van der Waals surface area contributed by atoms with Gasteiger partial charge in [0.1, 0.15) is 6.61 Å². The average molecular weight is 217 g/mol. The van der Waals surface area contributed by atoms with Crippen LogP contribution in [-0.2, 0) is 6.54 Å². The second-order valence-corrected chi connectivity index (χ2v) is 3.62. The average Bonchev–Trinajstić information content (AvgIpc) is 2.35. The van der Waals surface area contributed by atoms with Crippen molar-refractivity contribution in [2.75, 3.05) is 19.7 Å². The smallest absolute Gasteiger partial charge is 0.104 e. The summed E-state index contributed by atoms with van der Waals surface area (Å²) in [4.78, 5) is 2.37. The van der Waals surface area contributed by atoms with Crippen molar-refractivity contribution in [3.8, 4) is 11.8 Å². The highest BCUT2D eigenvalue weighted by Crippen LogP contribution is 2.06. The van der Waals surface area contributed by atoms with E-state index >= 15 is 0 Å². The molecule has 0 unspecified atom stereocenters. The summed E-state index contributed by atoms with van der Waals surface area (Å²) in [6, 6.07) is 8.20. The van der Waals surface area contributed by atoms with Gasteiger partial charge in [-0.15, -0.1) is 0 Å². The van der Waals surface area contributed by atoms with Crippen LogP contribution in [0.1, 0.15) is 25.0 Å². The fourth-order valence-corrected chi connectivity index (χ4v) is 1.54. The molecule has 0 atom stereocenters. The Hall–Kier alpha value is -1.30. The van der Waals surface area contributed by atoms with Crippen LogP contribution in [-0.4, -0.2) is 29.7 Å². The maximum Gasteiger partial charge on any atom is 0.104 e. The van der Waals surface area contributed by atoms with Crippen LogP contribution in [0.2, 0.25) is 0 Å². The van der Waals surface area contributed by atoms with Crippen LogP contribution in [0.15, 0.2) is 24.3 Å². The fourth-order valence-electron chi connectivity index (χ4n) is 1.54. The van der Waals surface area contributed by atoms with E-state index in [0.29, 0.717) is 0 Å². The van der Waals surface area contributed by atoms with Gasteiger partial charge in [0.2, 0.25) is 0 Å². The Morgan fingerprint density at radius 2 is 1.75 bits per heavy atom. The Morgan fingerprint density at radius 3 is 2.25 bits per heavy atom. The number of hydrogen-bond acceptors (Lipinski definition) is 2. The molecule has 0 aliphatic rings. The molecular formula is C14H19NO. The third-order valence-corrected chi connectivity index (χ3v) is 2.57. The molecule has 0 radical (unpaired) electrons. The molecule has 0 amide bonds. The third kappa shape index (κ3) is 4.06. The molecule has 0 saturated heterocycles. The molecule has 0 aromatic heterocycles. The van der Waals surface area contributed by atoms with E-state index in [1.54, 1.807) is 0 Å². The van der Waals surface area contributed by atoms with Crippen LogP contribution in [0.4, 0.5) is 0 Å². The van der Waals surface area contributed by atoms with Crippen molar-refractivity contribution in [3.05, 3.63) is 35.4 Å². The van der Waals surface area contributed by atoms with Gasteiger partial charge in [0.25, 0.3) is 0 Å². The first-order chi connectivity index (χ1) is 7.80. The minimum atomic E-state index is -0.0821. The van der Waals surface area contributed by atoms with Crippen molar-refractivity contribution in [1.29, 1.82) is 0 Å². The molecule has 16 heavy (non-hydrogen) atoms. The summed E-state index contributed by atoms with van der Waals surface area (Å²) in [7, 11) is 0. The summed E-state index contributed by atoms with van der Waals surface area (Å²) < 4.78 is 0. The largest absolute Gasteiger partial charge is 0.384 e. The van der Waals surface area contributed by atoms with Gasteiger partial charge < -0.3 is 5.11 Å². The first-order valence-corrected chi connectivity index (χ1v) is 5.71. The molecule has 0 aliphatic carbocycles. The van der Waals surface area contributed by atoms with Crippen LogP contribution in [0.3, 0.4) is 0 Å². The summed E-state index contributed by atoms with van der Waals surface area (Å²) in [5.41, 5.74) is 2.26. The molecule has 0 heterocycles. The topological polar surface area (TPSA) is 23.5 Å². The first kappa shape index (κ1) is 12.8. The van der Waals surface area contributed by atoms with Gasteiger partial charge in [-0.2, -0.15) is 0 Å². The summed E-state index contributed by atoms with van der Waals surface area (Å²) in [6.45, 7) is 7.39. The van der Waals surface area contributed by atoms with E-state index in [0.717, 1.165) is 25.2 Å². The van der Waals surface area contributed by atoms with Crippen molar-refractivity contribution < 1.29 is 5.11 Å². The minimum Gasteiger partial charge on any atom is -0.384 e. The molecule has 1 N–H and O–H groups in total. The van der Waals surface area contributed by atoms with Gasteiger partial charge in [-0.3, -0.25) is 4.90 Å². The third-order valence-electron chi connectivity index (χ3n) is 2.57. The molecule has 2 heteroatoms. The molecule has 0 fully saturated rings. The second-order valence-electron chi connectivity index (χ2n) is 3.62. The molecule has 0 saturated carbocycles. The lowest BCUT2D eigenvalue weighted by Crippen LogP contribution is -2.21. The highest BCUT2D eigenvalue weighted by Gasteiger charge is 2.00. The van der Waals surface area contributed by atoms with Gasteiger partial charge in [0, 0.05) is 12.1 Å². The lowest BCUT2D eigenvalue weighted by molar-refractivity contribution is 0.296. The summed E-state index contributed by atoms with van der Waals surface area (Å²) in [6.07, 6.45) is 0. The lowest BCUT2D eigenvalue weighted by atomic mass is 10.1. The molecule has 0 bridgehead atoms. The molecule has 1 aromatic carbocycles. The van der Waals surface area contributed by atoms with Gasteiger partial charge in [0.15, 0.2) is 0 Å². The zero-order valence-electron chi connectivity index (χ0n) is 10.0. The molecular weight excluding hydrogens is 198 g/mol. The number of aliphatic hydroxyl groups is 1. The van der Waals surface area contributed by atoms with Crippen molar-refractivity contribution in [2.45, 2.75) is 20.4 Å².